The molecular formula is C15H17NO2S. The molecule has 1 heterocycles. The van der Waals surface area contributed by atoms with Crippen molar-refractivity contribution in [3.63, 3.8) is 0 Å². The summed E-state index contributed by atoms with van der Waals surface area (Å²) in [6.07, 6.45) is 2.32. The van der Waals surface area contributed by atoms with Gasteiger partial charge in [0.1, 0.15) is 0 Å². The fourth-order valence-corrected chi connectivity index (χ4v) is 2.40. The van der Waals surface area contributed by atoms with Crippen molar-refractivity contribution >= 4 is 17.7 Å². The Balaban J connectivity index is 1.78. The summed E-state index contributed by atoms with van der Waals surface area (Å²) in [4.78, 5) is 12.9. The van der Waals surface area contributed by atoms with Gasteiger partial charge in [-0.1, -0.05) is 19.1 Å². The smallest absolute Gasteiger partial charge is 0.286 e. The van der Waals surface area contributed by atoms with Crippen LogP contribution in [0.15, 0.2) is 52.0 Å². The quantitative estimate of drug-likeness (QED) is 0.822. The molecule has 0 saturated heterocycles. The minimum absolute atomic E-state index is 0.164. The highest BCUT2D eigenvalue weighted by molar-refractivity contribution is 7.99. The summed E-state index contributed by atoms with van der Waals surface area (Å²) in [7, 11) is 0. The predicted octanol–water partition coefficient (Wildman–Crippen LogP) is 3.36. The molecule has 19 heavy (non-hydrogen) atoms. The minimum Gasteiger partial charge on any atom is -0.459 e. The van der Waals surface area contributed by atoms with Crippen LogP contribution in [-0.4, -0.2) is 18.2 Å². The van der Waals surface area contributed by atoms with Crippen LogP contribution in [0.2, 0.25) is 0 Å². The molecule has 3 nitrogen and oxygen atoms in total. The SMILES string of the molecule is CCSc1ccc(CCNC(=O)c2ccco2)cc1. The number of hydrogen-bond donors (Lipinski definition) is 1. The Morgan fingerprint density at radius 1 is 1.26 bits per heavy atom. The van der Waals surface area contributed by atoms with Gasteiger partial charge >= 0.3 is 0 Å². The van der Waals surface area contributed by atoms with E-state index in [2.05, 4.69) is 36.5 Å². The summed E-state index contributed by atoms with van der Waals surface area (Å²) in [5, 5.41) is 2.84. The van der Waals surface area contributed by atoms with E-state index in [1.165, 1.54) is 16.7 Å². The standard InChI is InChI=1S/C15H17NO2S/c1-2-19-13-7-5-12(6-8-13)9-10-16-15(17)14-4-3-11-18-14/h3-8,11H,2,9-10H2,1H3,(H,16,17). The molecule has 0 spiro atoms. The summed E-state index contributed by atoms with van der Waals surface area (Å²) in [5.41, 5.74) is 1.22. The number of furan rings is 1. The van der Waals surface area contributed by atoms with Crippen molar-refractivity contribution in [2.45, 2.75) is 18.2 Å². The predicted molar refractivity (Wildman–Crippen MR) is 77.6 cm³/mol. The summed E-state index contributed by atoms with van der Waals surface area (Å²) < 4.78 is 5.03. The molecule has 0 radical (unpaired) electrons. The van der Waals surface area contributed by atoms with Crippen LogP contribution in [0, 0.1) is 0 Å². The van der Waals surface area contributed by atoms with Crippen LogP contribution in [0.25, 0.3) is 0 Å². The molecule has 0 aliphatic heterocycles. The fraction of sp³-hybridized carbons (Fsp3) is 0.267. The lowest BCUT2D eigenvalue weighted by Crippen LogP contribution is -2.25. The van der Waals surface area contributed by atoms with Gasteiger partial charge in [-0.05, 0) is 42.0 Å². The van der Waals surface area contributed by atoms with Crippen LogP contribution >= 0.6 is 11.8 Å². The Kier molecular flexibility index (Phi) is 5.10. The Morgan fingerprint density at radius 2 is 2.05 bits per heavy atom. The fourth-order valence-electron chi connectivity index (χ4n) is 1.73. The van der Waals surface area contributed by atoms with Gasteiger partial charge in [0.05, 0.1) is 6.26 Å². The molecule has 0 aliphatic rings. The first-order valence-corrected chi connectivity index (χ1v) is 7.31. The van der Waals surface area contributed by atoms with Crippen LogP contribution in [-0.2, 0) is 6.42 Å². The van der Waals surface area contributed by atoms with Gasteiger partial charge in [-0.2, -0.15) is 0 Å². The van der Waals surface area contributed by atoms with Gasteiger partial charge in [0, 0.05) is 11.4 Å². The topological polar surface area (TPSA) is 42.2 Å². The Hall–Kier alpha value is -1.68. The van der Waals surface area contributed by atoms with Crippen molar-refractivity contribution in [2.75, 3.05) is 12.3 Å². The molecule has 2 aromatic rings. The van der Waals surface area contributed by atoms with Gasteiger partial charge in [0.15, 0.2) is 5.76 Å². The Labute approximate surface area is 117 Å². The van der Waals surface area contributed by atoms with E-state index in [9.17, 15) is 4.79 Å². The molecule has 0 fully saturated rings. The van der Waals surface area contributed by atoms with Crippen LogP contribution < -0.4 is 5.32 Å². The number of rotatable bonds is 6. The summed E-state index contributed by atoms with van der Waals surface area (Å²) in [5.74, 6) is 1.27. The second-order valence-electron chi connectivity index (χ2n) is 4.06. The highest BCUT2D eigenvalue weighted by Crippen LogP contribution is 2.17. The highest BCUT2D eigenvalue weighted by atomic mass is 32.2. The van der Waals surface area contributed by atoms with E-state index in [4.69, 9.17) is 4.42 Å². The van der Waals surface area contributed by atoms with Gasteiger partial charge in [-0.25, -0.2) is 0 Å². The largest absolute Gasteiger partial charge is 0.459 e. The van der Waals surface area contributed by atoms with Crippen molar-refractivity contribution < 1.29 is 9.21 Å². The van der Waals surface area contributed by atoms with Crippen LogP contribution in [0.1, 0.15) is 23.0 Å². The molecule has 2 rings (SSSR count). The molecule has 0 saturated carbocycles. The molecule has 1 amide bonds. The van der Waals surface area contributed by atoms with Crippen molar-refractivity contribution in [3.05, 3.63) is 54.0 Å². The number of thioether (sulfide) groups is 1. The van der Waals surface area contributed by atoms with E-state index in [0.717, 1.165) is 12.2 Å². The average Bonchev–Trinajstić information content (AvgIpc) is 2.95. The number of carbonyl (C=O) groups excluding carboxylic acids is 1. The summed E-state index contributed by atoms with van der Waals surface area (Å²) in [6, 6.07) is 11.8. The van der Waals surface area contributed by atoms with E-state index < -0.39 is 0 Å². The first kappa shape index (κ1) is 13.7. The maximum absolute atomic E-state index is 11.6. The summed E-state index contributed by atoms with van der Waals surface area (Å²) in [6.45, 7) is 2.75. The third kappa shape index (κ3) is 4.17. The minimum atomic E-state index is -0.164. The van der Waals surface area contributed by atoms with E-state index in [1.807, 2.05) is 11.8 Å². The molecule has 1 N–H and O–H groups in total. The van der Waals surface area contributed by atoms with E-state index in [0.29, 0.717) is 12.3 Å². The first-order chi connectivity index (χ1) is 9.29. The molecule has 4 heteroatoms. The third-order valence-electron chi connectivity index (χ3n) is 2.68. The van der Waals surface area contributed by atoms with Gasteiger partial charge in [0.2, 0.25) is 0 Å². The molecule has 0 atom stereocenters. The number of carbonyl (C=O) groups is 1. The van der Waals surface area contributed by atoms with Gasteiger partial charge in [0.25, 0.3) is 5.91 Å². The zero-order chi connectivity index (χ0) is 13.5. The van der Waals surface area contributed by atoms with E-state index in [-0.39, 0.29) is 5.91 Å². The van der Waals surface area contributed by atoms with Gasteiger partial charge in [-0.3, -0.25) is 4.79 Å². The Bertz CT molecular complexity index is 505. The monoisotopic (exact) mass is 275 g/mol. The van der Waals surface area contributed by atoms with Crippen molar-refractivity contribution in [1.29, 1.82) is 0 Å². The highest BCUT2D eigenvalue weighted by Gasteiger charge is 2.06. The molecule has 1 aromatic heterocycles. The first-order valence-electron chi connectivity index (χ1n) is 6.33. The molecule has 1 aromatic carbocycles. The number of amides is 1. The average molecular weight is 275 g/mol. The molecule has 0 unspecified atom stereocenters. The molecule has 100 valence electrons. The van der Waals surface area contributed by atoms with E-state index in [1.54, 1.807) is 12.1 Å². The van der Waals surface area contributed by atoms with Gasteiger partial charge < -0.3 is 9.73 Å². The number of nitrogens with one attached hydrogen (secondary N) is 1. The Morgan fingerprint density at radius 3 is 2.68 bits per heavy atom. The summed E-state index contributed by atoms with van der Waals surface area (Å²) >= 11 is 1.83. The molecule has 0 aliphatic carbocycles. The van der Waals surface area contributed by atoms with Crippen molar-refractivity contribution in [2.24, 2.45) is 0 Å². The van der Waals surface area contributed by atoms with Crippen LogP contribution in [0.5, 0.6) is 0 Å². The number of benzene rings is 1. The van der Waals surface area contributed by atoms with Crippen LogP contribution in [0.3, 0.4) is 0 Å². The van der Waals surface area contributed by atoms with Crippen molar-refractivity contribution in [1.82, 2.24) is 5.32 Å². The lowest BCUT2D eigenvalue weighted by atomic mass is 10.1. The lowest BCUT2D eigenvalue weighted by molar-refractivity contribution is 0.0926. The lowest BCUT2D eigenvalue weighted by Gasteiger charge is -2.04. The van der Waals surface area contributed by atoms with E-state index >= 15 is 0 Å². The maximum atomic E-state index is 11.6. The number of hydrogen-bond acceptors (Lipinski definition) is 3. The zero-order valence-corrected chi connectivity index (χ0v) is 11.7. The molecule has 0 bridgehead atoms. The second kappa shape index (κ2) is 7.04. The van der Waals surface area contributed by atoms with Gasteiger partial charge in [-0.15, -0.1) is 11.8 Å². The second-order valence-corrected chi connectivity index (χ2v) is 5.40. The zero-order valence-electron chi connectivity index (χ0n) is 10.9. The van der Waals surface area contributed by atoms with Crippen molar-refractivity contribution in [3.8, 4) is 0 Å². The third-order valence-corrected chi connectivity index (χ3v) is 3.57. The maximum Gasteiger partial charge on any atom is 0.286 e. The molecular weight excluding hydrogens is 258 g/mol. The normalized spacial score (nSPS) is 10.4. The van der Waals surface area contributed by atoms with Crippen LogP contribution in [0.4, 0.5) is 0 Å².